The van der Waals surface area contributed by atoms with Crippen LogP contribution in [0.1, 0.15) is 16.1 Å². The van der Waals surface area contributed by atoms with Crippen molar-refractivity contribution >= 4 is 23.5 Å². The van der Waals surface area contributed by atoms with Crippen molar-refractivity contribution in [1.29, 1.82) is 0 Å². The monoisotopic (exact) mass is 282 g/mol. The average molecular weight is 282 g/mol. The van der Waals surface area contributed by atoms with Crippen molar-refractivity contribution in [3.05, 3.63) is 66.0 Å². The molecular weight excluding hydrogens is 268 g/mol. The molecule has 0 unspecified atom stereocenters. The van der Waals surface area contributed by atoms with Crippen molar-refractivity contribution in [2.75, 3.05) is 11.9 Å². The number of nitrogens with zero attached hydrogens (tertiary/aromatic N) is 1. The first-order valence-electron chi connectivity index (χ1n) is 6.34. The fourth-order valence-corrected chi connectivity index (χ4v) is 1.66. The van der Waals surface area contributed by atoms with Gasteiger partial charge >= 0.3 is 5.97 Å². The maximum absolute atomic E-state index is 12.0. The maximum atomic E-state index is 12.0. The molecule has 5 nitrogen and oxygen atoms in total. The number of hydrogen-bond donors (Lipinski definition) is 2. The lowest BCUT2D eigenvalue weighted by Gasteiger charge is -2.03. The second-order valence-electron chi connectivity index (χ2n) is 4.28. The first-order chi connectivity index (χ1) is 10.1. The predicted octanol–water partition coefficient (Wildman–Crippen LogP) is 2.47. The molecule has 0 aliphatic carbocycles. The van der Waals surface area contributed by atoms with Crippen LogP contribution in [0.2, 0.25) is 0 Å². The number of nitrogens with one attached hydrogen (secondary N) is 1. The van der Waals surface area contributed by atoms with Crippen LogP contribution < -0.4 is 5.32 Å². The molecule has 0 aliphatic heterocycles. The zero-order chi connectivity index (χ0) is 15.1. The van der Waals surface area contributed by atoms with Crippen molar-refractivity contribution in [2.24, 2.45) is 0 Å². The normalized spacial score (nSPS) is 10.5. The molecular formula is C16H14N2O3. The number of anilines is 1. The van der Waals surface area contributed by atoms with Gasteiger partial charge in [0, 0.05) is 17.4 Å². The summed E-state index contributed by atoms with van der Waals surface area (Å²) in [7, 11) is 0. The third-order valence-corrected chi connectivity index (χ3v) is 2.71. The minimum absolute atomic E-state index is 0.134. The van der Waals surface area contributed by atoms with E-state index in [1.54, 1.807) is 36.5 Å². The zero-order valence-corrected chi connectivity index (χ0v) is 11.2. The number of hydrogen-bond acceptors (Lipinski definition) is 4. The van der Waals surface area contributed by atoms with E-state index in [0.717, 1.165) is 0 Å². The van der Waals surface area contributed by atoms with E-state index in [-0.39, 0.29) is 12.3 Å². The Balaban J connectivity index is 2.00. The lowest BCUT2D eigenvalue weighted by molar-refractivity contribution is -0.134. The Morgan fingerprint density at radius 3 is 2.52 bits per heavy atom. The molecule has 2 rings (SSSR count). The molecule has 106 valence electrons. The highest BCUT2D eigenvalue weighted by atomic mass is 16.4. The van der Waals surface area contributed by atoms with Gasteiger partial charge in [-0.1, -0.05) is 6.07 Å². The van der Waals surface area contributed by atoms with Gasteiger partial charge in [-0.15, -0.1) is 0 Å². The van der Waals surface area contributed by atoms with Crippen LogP contribution in [-0.2, 0) is 4.79 Å². The largest absolute Gasteiger partial charge is 0.480 e. The molecule has 1 aromatic heterocycles. The molecule has 21 heavy (non-hydrogen) atoms. The van der Waals surface area contributed by atoms with Gasteiger partial charge in [0.05, 0.1) is 5.69 Å². The summed E-state index contributed by atoms with van der Waals surface area (Å²) in [5.74, 6) is -1.07. The van der Waals surface area contributed by atoms with Crippen LogP contribution in [0.5, 0.6) is 0 Å². The van der Waals surface area contributed by atoms with Crippen molar-refractivity contribution in [3.63, 3.8) is 0 Å². The minimum atomic E-state index is -0.937. The minimum Gasteiger partial charge on any atom is -0.480 e. The lowest BCUT2D eigenvalue weighted by Crippen LogP contribution is -2.12. The molecule has 0 radical (unpaired) electrons. The summed E-state index contributed by atoms with van der Waals surface area (Å²) in [4.78, 5) is 26.5. The van der Waals surface area contributed by atoms with Gasteiger partial charge in [-0.05, 0) is 48.6 Å². The summed E-state index contributed by atoms with van der Waals surface area (Å²) >= 11 is 0. The Hall–Kier alpha value is -2.95. The SMILES string of the molecule is O=C(O)CNc1ccc(C(=O)/C=C/c2ccccn2)cc1. The van der Waals surface area contributed by atoms with Crippen LogP contribution in [0.3, 0.4) is 0 Å². The number of allylic oxidation sites excluding steroid dienone is 1. The van der Waals surface area contributed by atoms with Crippen LogP contribution in [0, 0.1) is 0 Å². The number of carbonyl (C=O) groups excluding carboxylic acids is 1. The van der Waals surface area contributed by atoms with Gasteiger partial charge in [0.2, 0.25) is 0 Å². The van der Waals surface area contributed by atoms with Crippen LogP contribution in [0.25, 0.3) is 6.08 Å². The molecule has 0 saturated heterocycles. The van der Waals surface area contributed by atoms with E-state index in [2.05, 4.69) is 10.3 Å². The number of carboxylic acids is 1. The second kappa shape index (κ2) is 7.00. The number of benzene rings is 1. The molecule has 0 saturated carbocycles. The van der Waals surface area contributed by atoms with E-state index in [1.807, 2.05) is 18.2 Å². The topological polar surface area (TPSA) is 79.3 Å². The van der Waals surface area contributed by atoms with Gasteiger partial charge in [-0.25, -0.2) is 0 Å². The lowest BCUT2D eigenvalue weighted by atomic mass is 10.1. The summed E-state index contributed by atoms with van der Waals surface area (Å²) < 4.78 is 0. The number of rotatable bonds is 6. The molecule has 0 fully saturated rings. The highest BCUT2D eigenvalue weighted by Crippen LogP contribution is 2.10. The summed E-state index contributed by atoms with van der Waals surface area (Å²) in [5.41, 5.74) is 1.90. The van der Waals surface area contributed by atoms with Crippen molar-refractivity contribution < 1.29 is 14.7 Å². The molecule has 2 N–H and O–H groups in total. The molecule has 5 heteroatoms. The maximum Gasteiger partial charge on any atom is 0.322 e. The Morgan fingerprint density at radius 2 is 1.90 bits per heavy atom. The van der Waals surface area contributed by atoms with Crippen LogP contribution in [0.4, 0.5) is 5.69 Å². The fourth-order valence-electron chi connectivity index (χ4n) is 1.66. The number of aliphatic carboxylic acids is 1. The van der Waals surface area contributed by atoms with E-state index in [4.69, 9.17) is 5.11 Å². The fraction of sp³-hybridized carbons (Fsp3) is 0.0625. The van der Waals surface area contributed by atoms with Gasteiger partial charge in [-0.2, -0.15) is 0 Å². The van der Waals surface area contributed by atoms with Crippen molar-refractivity contribution in [1.82, 2.24) is 4.98 Å². The second-order valence-corrected chi connectivity index (χ2v) is 4.28. The molecule has 0 aliphatic rings. The third kappa shape index (κ3) is 4.58. The molecule has 0 bridgehead atoms. The molecule has 0 spiro atoms. The van der Waals surface area contributed by atoms with E-state index in [9.17, 15) is 9.59 Å². The highest BCUT2D eigenvalue weighted by molar-refractivity contribution is 6.06. The van der Waals surface area contributed by atoms with Crippen LogP contribution >= 0.6 is 0 Å². The first-order valence-corrected chi connectivity index (χ1v) is 6.34. The van der Waals surface area contributed by atoms with Gasteiger partial charge < -0.3 is 10.4 Å². The Labute approximate surface area is 122 Å². The van der Waals surface area contributed by atoms with Crippen molar-refractivity contribution in [3.8, 4) is 0 Å². The van der Waals surface area contributed by atoms with E-state index in [0.29, 0.717) is 16.9 Å². The predicted molar refractivity (Wildman–Crippen MR) is 80.2 cm³/mol. The van der Waals surface area contributed by atoms with Crippen LogP contribution in [0.15, 0.2) is 54.7 Å². The van der Waals surface area contributed by atoms with Gasteiger partial charge in [0.25, 0.3) is 0 Å². The van der Waals surface area contributed by atoms with Gasteiger partial charge in [0.1, 0.15) is 6.54 Å². The standard InChI is InChI=1S/C16H14N2O3/c19-15(9-8-13-3-1-2-10-17-13)12-4-6-14(7-5-12)18-11-16(20)21/h1-10,18H,11H2,(H,20,21)/b9-8+. The summed E-state index contributed by atoms with van der Waals surface area (Å²) in [6, 6.07) is 12.1. The molecule has 2 aromatic rings. The molecule has 1 aromatic carbocycles. The zero-order valence-electron chi connectivity index (χ0n) is 11.2. The number of aromatic nitrogens is 1. The summed E-state index contributed by atoms with van der Waals surface area (Å²) in [6.45, 7) is -0.160. The van der Waals surface area contributed by atoms with Crippen molar-refractivity contribution in [2.45, 2.75) is 0 Å². The number of pyridine rings is 1. The quantitative estimate of drug-likeness (QED) is 0.628. The van der Waals surface area contributed by atoms with E-state index < -0.39 is 5.97 Å². The Morgan fingerprint density at radius 1 is 1.14 bits per heavy atom. The smallest absolute Gasteiger partial charge is 0.322 e. The Kier molecular flexibility index (Phi) is 4.82. The first kappa shape index (κ1) is 14.5. The van der Waals surface area contributed by atoms with E-state index >= 15 is 0 Å². The van der Waals surface area contributed by atoms with E-state index in [1.165, 1.54) is 6.08 Å². The summed E-state index contributed by atoms with van der Waals surface area (Å²) in [6.07, 6.45) is 4.77. The third-order valence-electron chi connectivity index (χ3n) is 2.71. The molecule has 0 atom stereocenters. The van der Waals surface area contributed by atoms with Crippen LogP contribution in [-0.4, -0.2) is 28.4 Å². The Bertz CT molecular complexity index is 649. The number of carboxylic acid groups (broad SMARTS) is 1. The highest BCUT2D eigenvalue weighted by Gasteiger charge is 2.02. The molecule has 0 amide bonds. The molecule has 1 heterocycles. The number of ketones is 1. The van der Waals surface area contributed by atoms with Gasteiger partial charge in [0.15, 0.2) is 5.78 Å². The number of carbonyl (C=O) groups is 2. The van der Waals surface area contributed by atoms with Gasteiger partial charge in [-0.3, -0.25) is 14.6 Å². The summed E-state index contributed by atoms with van der Waals surface area (Å²) in [5, 5.41) is 11.3. The average Bonchev–Trinajstić information content (AvgIpc) is 2.52.